The van der Waals surface area contributed by atoms with E-state index in [1.165, 1.54) is 0 Å². The fraction of sp³-hybridized carbons (Fsp3) is 0.500. The predicted octanol–water partition coefficient (Wildman–Crippen LogP) is -0.650. The van der Waals surface area contributed by atoms with Gasteiger partial charge >= 0.3 is 12.6 Å². The molecule has 3 N–H and O–H groups in total. The van der Waals surface area contributed by atoms with Gasteiger partial charge in [0.2, 0.25) is 0 Å². The van der Waals surface area contributed by atoms with E-state index in [4.69, 9.17) is 5.11 Å². The van der Waals surface area contributed by atoms with Gasteiger partial charge in [0.1, 0.15) is 5.84 Å². The van der Waals surface area contributed by atoms with Crippen LogP contribution in [-0.2, 0) is 9.63 Å². The Hall–Kier alpha value is -1.79. The van der Waals surface area contributed by atoms with E-state index in [0.29, 0.717) is 12.3 Å². The Morgan fingerprint density at radius 3 is 2.85 bits per heavy atom. The normalized spacial score (nSPS) is 10.4. The predicted molar refractivity (Wildman–Crippen MR) is 44.3 cm³/mol. The molecule has 1 amide bonds. The molecule has 0 aliphatic rings. The van der Waals surface area contributed by atoms with Crippen molar-refractivity contribution in [3.63, 3.8) is 0 Å². The third-order valence-corrected chi connectivity index (χ3v) is 1.13. The topological polar surface area (TPSA) is 100 Å². The Balaban J connectivity index is 3.71. The summed E-state index contributed by atoms with van der Waals surface area (Å²) in [4.78, 5) is 23.9. The first-order valence-electron chi connectivity index (χ1n) is 3.51. The zero-order valence-corrected chi connectivity index (χ0v) is 7.11. The summed E-state index contributed by atoms with van der Waals surface area (Å²) in [5.41, 5.74) is 0. The van der Waals surface area contributed by atoms with Crippen molar-refractivity contribution in [2.75, 3.05) is 13.6 Å². The molecule has 7 heteroatoms. The van der Waals surface area contributed by atoms with Crippen LogP contribution in [0.25, 0.3) is 0 Å². The molecule has 74 valence electrons. The smallest absolute Gasteiger partial charge is 0.404 e. The molecule has 0 aromatic rings. The quantitative estimate of drug-likeness (QED) is 0.175. The van der Waals surface area contributed by atoms with Crippen LogP contribution in [0.5, 0.6) is 0 Å². The summed E-state index contributed by atoms with van der Waals surface area (Å²) in [7, 11) is 1.59. The Labute approximate surface area is 74.7 Å². The van der Waals surface area contributed by atoms with Crippen molar-refractivity contribution in [2.24, 2.45) is 5.16 Å². The highest BCUT2D eigenvalue weighted by Crippen LogP contribution is 1.82. The Morgan fingerprint density at radius 1 is 1.69 bits per heavy atom. The van der Waals surface area contributed by atoms with Gasteiger partial charge in [-0.05, 0) is 0 Å². The Kier molecular flexibility index (Phi) is 5.94. The number of carbonyl (C=O) groups excluding carboxylic acids is 1. The number of carboxylic acid groups (broad SMARTS) is 1. The van der Waals surface area contributed by atoms with Crippen LogP contribution in [0.2, 0.25) is 0 Å². The molecule has 0 saturated heterocycles. The van der Waals surface area contributed by atoms with Crippen molar-refractivity contribution in [3.8, 4) is 0 Å². The van der Waals surface area contributed by atoms with E-state index < -0.39 is 6.09 Å². The molecular formula is C6H11N3O4. The van der Waals surface area contributed by atoms with Crippen LogP contribution >= 0.6 is 0 Å². The van der Waals surface area contributed by atoms with Gasteiger partial charge in [-0.2, -0.15) is 0 Å². The van der Waals surface area contributed by atoms with Crippen LogP contribution in [0.4, 0.5) is 4.79 Å². The van der Waals surface area contributed by atoms with Crippen molar-refractivity contribution >= 4 is 18.4 Å². The van der Waals surface area contributed by atoms with Gasteiger partial charge in [-0.1, -0.05) is 5.16 Å². The van der Waals surface area contributed by atoms with Gasteiger partial charge in [-0.15, -0.1) is 0 Å². The number of hydrogen-bond donors (Lipinski definition) is 3. The van der Waals surface area contributed by atoms with Gasteiger partial charge in [0.15, 0.2) is 0 Å². The first-order valence-corrected chi connectivity index (χ1v) is 3.51. The molecule has 0 aromatic heterocycles. The standard InChI is InChI=1S/C6H11N3O4/c1-7-5(9-13-4-10)2-3-8-6(11)12/h4,8H,2-3H2,1H3,(H,7,9)(H,11,12). The molecule has 0 bridgehead atoms. The molecule has 0 heterocycles. The first-order chi connectivity index (χ1) is 6.20. The largest absolute Gasteiger partial charge is 0.465 e. The fourth-order valence-corrected chi connectivity index (χ4v) is 0.589. The molecule has 0 saturated carbocycles. The number of nitrogens with zero attached hydrogens (tertiary/aromatic N) is 1. The Bertz CT molecular complexity index is 204. The minimum absolute atomic E-state index is 0.183. The lowest BCUT2D eigenvalue weighted by atomic mass is 10.4. The number of amidine groups is 1. The third kappa shape index (κ3) is 6.60. The molecular weight excluding hydrogens is 178 g/mol. The van der Waals surface area contributed by atoms with E-state index in [9.17, 15) is 9.59 Å². The van der Waals surface area contributed by atoms with Crippen molar-refractivity contribution in [3.05, 3.63) is 0 Å². The number of carbonyl (C=O) groups is 2. The molecule has 7 nitrogen and oxygen atoms in total. The lowest BCUT2D eigenvalue weighted by Gasteiger charge is -2.03. The summed E-state index contributed by atoms with van der Waals surface area (Å²) in [6.07, 6.45) is -0.775. The molecule has 0 atom stereocenters. The summed E-state index contributed by atoms with van der Waals surface area (Å²) in [6.45, 7) is 0.388. The zero-order valence-electron chi connectivity index (χ0n) is 7.11. The highest BCUT2D eigenvalue weighted by atomic mass is 16.7. The van der Waals surface area contributed by atoms with E-state index in [1.807, 2.05) is 0 Å². The average molecular weight is 189 g/mol. The van der Waals surface area contributed by atoms with Gasteiger partial charge in [-0.3, -0.25) is 4.79 Å². The number of amides is 1. The lowest BCUT2D eigenvalue weighted by Crippen LogP contribution is -2.28. The van der Waals surface area contributed by atoms with Crippen molar-refractivity contribution in [1.82, 2.24) is 10.6 Å². The monoisotopic (exact) mass is 189 g/mol. The SMILES string of the molecule is CN/C(CCNC(=O)O)=N\OC=O. The van der Waals surface area contributed by atoms with E-state index in [0.717, 1.165) is 0 Å². The third-order valence-electron chi connectivity index (χ3n) is 1.13. The number of rotatable bonds is 5. The first kappa shape index (κ1) is 11.2. The second kappa shape index (κ2) is 6.89. The van der Waals surface area contributed by atoms with Crippen LogP contribution in [0.1, 0.15) is 6.42 Å². The molecule has 0 spiro atoms. The molecule has 0 fully saturated rings. The number of oxime groups is 1. The molecule has 0 unspecified atom stereocenters. The van der Waals surface area contributed by atoms with Crippen LogP contribution < -0.4 is 10.6 Å². The van der Waals surface area contributed by atoms with Crippen molar-refractivity contribution in [1.29, 1.82) is 0 Å². The van der Waals surface area contributed by atoms with E-state index >= 15 is 0 Å². The maximum absolute atomic E-state index is 10.0. The maximum Gasteiger partial charge on any atom is 0.404 e. The van der Waals surface area contributed by atoms with Gasteiger partial charge in [0.05, 0.1) is 0 Å². The minimum Gasteiger partial charge on any atom is -0.465 e. The fourth-order valence-electron chi connectivity index (χ4n) is 0.589. The number of nitrogens with one attached hydrogen (secondary N) is 2. The molecule has 0 aliphatic heterocycles. The lowest BCUT2D eigenvalue weighted by molar-refractivity contribution is -0.128. The highest BCUT2D eigenvalue weighted by Gasteiger charge is 1.98. The second-order valence-corrected chi connectivity index (χ2v) is 1.97. The molecule has 13 heavy (non-hydrogen) atoms. The Morgan fingerprint density at radius 2 is 2.38 bits per heavy atom. The summed E-state index contributed by atoms with van der Waals surface area (Å²) < 4.78 is 0. The zero-order chi connectivity index (χ0) is 10.1. The average Bonchev–Trinajstić information content (AvgIpc) is 2.10. The minimum atomic E-state index is -1.10. The van der Waals surface area contributed by atoms with E-state index in [1.54, 1.807) is 7.05 Å². The molecule has 0 rings (SSSR count). The summed E-state index contributed by atoms with van der Waals surface area (Å²) >= 11 is 0. The van der Waals surface area contributed by atoms with Crippen LogP contribution in [0.15, 0.2) is 5.16 Å². The van der Waals surface area contributed by atoms with Gasteiger partial charge in [0, 0.05) is 20.0 Å². The van der Waals surface area contributed by atoms with Crippen molar-refractivity contribution < 1.29 is 19.5 Å². The van der Waals surface area contributed by atoms with E-state index in [2.05, 4.69) is 20.6 Å². The van der Waals surface area contributed by atoms with Crippen molar-refractivity contribution in [2.45, 2.75) is 6.42 Å². The number of hydrogen-bond acceptors (Lipinski definition) is 4. The van der Waals surface area contributed by atoms with Gasteiger partial charge in [-0.25, -0.2) is 4.79 Å². The van der Waals surface area contributed by atoms with Crippen LogP contribution in [0.3, 0.4) is 0 Å². The van der Waals surface area contributed by atoms with Gasteiger partial charge < -0.3 is 20.6 Å². The summed E-state index contributed by atoms with van der Waals surface area (Å²) in [6, 6.07) is 0. The molecule has 0 aromatic carbocycles. The van der Waals surface area contributed by atoms with Gasteiger partial charge in [0.25, 0.3) is 0 Å². The van der Waals surface area contributed by atoms with Crippen LogP contribution in [0, 0.1) is 0 Å². The van der Waals surface area contributed by atoms with Crippen LogP contribution in [-0.4, -0.2) is 37.1 Å². The molecule has 0 radical (unpaired) electrons. The van der Waals surface area contributed by atoms with E-state index in [-0.39, 0.29) is 13.0 Å². The molecule has 0 aliphatic carbocycles. The second-order valence-electron chi connectivity index (χ2n) is 1.97. The summed E-state index contributed by atoms with van der Waals surface area (Å²) in [5, 5.41) is 16.4. The maximum atomic E-state index is 10.0. The highest BCUT2D eigenvalue weighted by molar-refractivity contribution is 5.82. The summed E-state index contributed by atoms with van der Waals surface area (Å²) in [5.74, 6) is 0.390.